The molecule has 7 heteroatoms. The largest absolute Gasteiger partial charge is 0.300 e. The maximum absolute atomic E-state index is 11.6. The van der Waals surface area contributed by atoms with E-state index < -0.39 is 10.0 Å². The lowest BCUT2D eigenvalue weighted by Gasteiger charge is -2.36. The van der Waals surface area contributed by atoms with Gasteiger partial charge in [0.2, 0.25) is 10.0 Å². The molecule has 1 aromatic rings. The van der Waals surface area contributed by atoms with Gasteiger partial charge in [-0.05, 0) is 56.3 Å². The zero-order valence-corrected chi connectivity index (χ0v) is 17.7. The van der Waals surface area contributed by atoms with Gasteiger partial charge in [-0.1, -0.05) is 30.7 Å². The van der Waals surface area contributed by atoms with Gasteiger partial charge in [0, 0.05) is 30.7 Å². The van der Waals surface area contributed by atoms with Crippen molar-refractivity contribution in [2.24, 2.45) is 5.92 Å². The van der Waals surface area contributed by atoms with E-state index in [4.69, 9.17) is 11.6 Å². The predicted molar refractivity (Wildman–Crippen MR) is 108 cm³/mol. The summed E-state index contributed by atoms with van der Waals surface area (Å²) >= 11 is 6.08. The summed E-state index contributed by atoms with van der Waals surface area (Å²) in [5.74, 6) is 0.574. The maximum atomic E-state index is 11.6. The number of hydrogen-bond acceptors (Lipinski definition) is 3. The fraction of sp³-hybridized carbons (Fsp3) is 0.667. The molecule has 0 spiro atoms. The van der Waals surface area contributed by atoms with Gasteiger partial charge in [0.1, 0.15) is 0 Å². The van der Waals surface area contributed by atoms with E-state index in [1.807, 2.05) is 18.2 Å². The monoisotopic (exact) mass is 408 g/mol. The second-order valence-corrected chi connectivity index (χ2v) is 9.29. The van der Waals surface area contributed by atoms with Crippen molar-refractivity contribution in [2.75, 3.05) is 32.4 Å². The van der Waals surface area contributed by atoms with Crippen LogP contribution in [0.5, 0.6) is 0 Å². The molecular formula is C18H30Cl2N2O2S. The molecule has 1 aliphatic heterocycles. The molecule has 0 amide bonds. The number of piperidine rings is 1. The summed E-state index contributed by atoms with van der Waals surface area (Å²) < 4.78 is 24.8. The van der Waals surface area contributed by atoms with Gasteiger partial charge in [-0.25, -0.2) is 12.7 Å². The van der Waals surface area contributed by atoms with Crippen molar-refractivity contribution in [3.05, 3.63) is 34.9 Å². The molecule has 1 saturated heterocycles. The lowest BCUT2D eigenvalue weighted by molar-refractivity contribution is 0.152. The number of hydrogen-bond donors (Lipinski definition) is 0. The molecule has 4 nitrogen and oxygen atoms in total. The highest BCUT2D eigenvalue weighted by molar-refractivity contribution is 7.88. The first-order valence-corrected chi connectivity index (χ1v) is 11.0. The van der Waals surface area contributed by atoms with Crippen LogP contribution in [0.2, 0.25) is 5.02 Å². The summed E-state index contributed by atoms with van der Waals surface area (Å²) in [7, 11) is -3.04. The molecule has 0 saturated carbocycles. The van der Waals surface area contributed by atoms with Crippen LogP contribution in [0.25, 0.3) is 0 Å². The minimum absolute atomic E-state index is 0. The van der Waals surface area contributed by atoms with Crippen LogP contribution in [0.4, 0.5) is 0 Å². The molecule has 2 rings (SSSR count). The molecule has 1 aromatic carbocycles. The smallest absolute Gasteiger partial charge is 0.211 e. The van der Waals surface area contributed by atoms with Gasteiger partial charge in [-0.2, -0.15) is 0 Å². The third-order valence-corrected chi connectivity index (χ3v) is 6.52. The van der Waals surface area contributed by atoms with Gasteiger partial charge in [-0.3, -0.25) is 0 Å². The Morgan fingerprint density at radius 1 is 1.32 bits per heavy atom. The van der Waals surface area contributed by atoms with E-state index in [1.165, 1.54) is 11.8 Å². The van der Waals surface area contributed by atoms with Gasteiger partial charge in [-0.15, -0.1) is 12.4 Å². The van der Waals surface area contributed by atoms with Crippen molar-refractivity contribution in [3.63, 3.8) is 0 Å². The summed E-state index contributed by atoms with van der Waals surface area (Å²) in [6.07, 6.45) is 4.19. The Balaban J connectivity index is 0.00000312. The third kappa shape index (κ3) is 7.06. The molecule has 1 aliphatic rings. The molecule has 1 fully saturated rings. The average molecular weight is 409 g/mol. The summed E-state index contributed by atoms with van der Waals surface area (Å²) in [4.78, 5) is 2.50. The van der Waals surface area contributed by atoms with E-state index in [-0.39, 0.29) is 12.4 Å². The maximum Gasteiger partial charge on any atom is 0.211 e. The molecule has 0 bridgehead atoms. The standard InChI is InChI=1S/C18H29ClN2O2S.ClH/c1-4-20(15(2)12-17-6-5-7-18(19)13-17)14-16-8-10-21(11-9-16)24(3,22)23;/h5-7,13,15-16H,4,8-12,14H2,1-3H3;1H. The van der Waals surface area contributed by atoms with Crippen molar-refractivity contribution in [3.8, 4) is 0 Å². The molecule has 1 unspecified atom stereocenters. The predicted octanol–water partition coefficient (Wildman–Crippen LogP) is 3.69. The third-order valence-electron chi connectivity index (χ3n) is 4.98. The van der Waals surface area contributed by atoms with Gasteiger partial charge in [0.15, 0.2) is 0 Å². The lowest BCUT2D eigenvalue weighted by atomic mass is 9.96. The van der Waals surface area contributed by atoms with Gasteiger partial charge in [0.05, 0.1) is 6.26 Å². The molecule has 144 valence electrons. The Morgan fingerprint density at radius 2 is 1.96 bits per heavy atom. The highest BCUT2D eigenvalue weighted by Crippen LogP contribution is 2.22. The van der Waals surface area contributed by atoms with Crippen LogP contribution in [0.3, 0.4) is 0 Å². The molecule has 0 aliphatic carbocycles. The molecule has 1 heterocycles. The molecule has 25 heavy (non-hydrogen) atoms. The quantitative estimate of drug-likeness (QED) is 0.690. The van der Waals surface area contributed by atoms with E-state index in [0.717, 1.165) is 37.4 Å². The van der Waals surface area contributed by atoms with Crippen LogP contribution in [0.15, 0.2) is 24.3 Å². The number of rotatable bonds is 7. The van der Waals surface area contributed by atoms with E-state index >= 15 is 0 Å². The molecule has 0 radical (unpaired) electrons. The number of sulfonamides is 1. The molecular weight excluding hydrogens is 379 g/mol. The van der Waals surface area contributed by atoms with Gasteiger partial charge >= 0.3 is 0 Å². The van der Waals surface area contributed by atoms with Crippen molar-refractivity contribution < 1.29 is 8.42 Å². The van der Waals surface area contributed by atoms with Crippen molar-refractivity contribution >= 4 is 34.0 Å². The van der Waals surface area contributed by atoms with Crippen molar-refractivity contribution in [1.29, 1.82) is 0 Å². The number of benzene rings is 1. The minimum atomic E-state index is -3.04. The van der Waals surface area contributed by atoms with E-state index in [1.54, 1.807) is 4.31 Å². The Kier molecular flexibility index (Phi) is 9.19. The highest BCUT2D eigenvalue weighted by atomic mass is 35.5. The van der Waals surface area contributed by atoms with Crippen molar-refractivity contribution in [1.82, 2.24) is 9.21 Å². The molecule has 0 N–H and O–H groups in total. The minimum Gasteiger partial charge on any atom is -0.300 e. The van der Waals surface area contributed by atoms with E-state index in [2.05, 4.69) is 24.8 Å². The first-order valence-electron chi connectivity index (χ1n) is 8.73. The van der Waals surface area contributed by atoms with Crippen LogP contribution in [-0.2, 0) is 16.4 Å². The number of nitrogens with zero attached hydrogens (tertiary/aromatic N) is 2. The normalized spacial score (nSPS) is 18.1. The number of likely N-dealkylation sites (N-methyl/N-ethyl adjacent to an activating group) is 1. The molecule has 0 aromatic heterocycles. The molecule has 1 atom stereocenters. The van der Waals surface area contributed by atoms with E-state index in [0.29, 0.717) is 25.0 Å². The van der Waals surface area contributed by atoms with Crippen LogP contribution >= 0.6 is 24.0 Å². The van der Waals surface area contributed by atoms with Crippen LogP contribution in [-0.4, -0.2) is 56.1 Å². The Bertz CT molecular complexity index is 632. The Labute approximate surface area is 164 Å². The second kappa shape index (κ2) is 10.1. The SMILES string of the molecule is CCN(CC1CCN(S(C)(=O)=O)CC1)C(C)Cc1cccc(Cl)c1.Cl. The number of halogens is 2. The van der Waals surface area contributed by atoms with Crippen LogP contribution in [0, 0.1) is 5.92 Å². The fourth-order valence-electron chi connectivity index (χ4n) is 3.51. The first-order chi connectivity index (χ1) is 11.3. The van der Waals surface area contributed by atoms with E-state index in [9.17, 15) is 8.42 Å². The summed E-state index contributed by atoms with van der Waals surface area (Å²) in [5, 5.41) is 0.788. The van der Waals surface area contributed by atoms with Crippen LogP contribution < -0.4 is 0 Å². The summed E-state index contributed by atoms with van der Waals surface area (Å²) in [6.45, 7) is 7.81. The topological polar surface area (TPSA) is 40.6 Å². The van der Waals surface area contributed by atoms with Gasteiger partial charge < -0.3 is 4.90 Å². The van der Waals surface area contributed by atoms with Crippen LogP contribution in [0.1, 0.15) is 32.3 Å². The second-order valence-electron chi connectivity index (χ2n) is 6.88. The first kappa shape index (κ1) is 22.7. The zero-order valence-electron chi connectivity index (χ0n) is 15.3. The van der Waals surface area contributed by atoms with Gasteiger partial charge in [0.25, 0.3) is 0 Å². The summed E-state index contributed by atoms with van der Waals surface area (Å²) in [6, 6.07) is 8.52. The zero-order chi connectivity index (χ0) is 17.7. The van der Waals surface area contributed by atoms with Crippen molar-refractivity contribution in [2.45, 2.75) is 39.2 Å². The lowest BCUT2D eigenvalue weighted by Crippen LogP contribution is -2.43. The Hall–Kier alpha value is -0.330. The Morgan fingerprint density at radius 3 is 2.48 bits per heavy atom. The summed E-state index contributed by atoms with van der Waals surface area (Å²) in [5.41, 5.74) is 1.26. The fourth-order valence-corrected chi connectivity index (χ4v) is 4.60. The average Bonchev–Trinajstić information content (AvgIpc) is 2.52. The highest BCUT2D eigenvalue weighted by Gasteiger charge is 2.26.